The van der Waals surface area contributed by atoms with E-state index in [4.69, 9.17) is 0 Å². The largest absolute Gasteiger partial charge is 0.319 e. The second kappa shape index (κ2) is 6.90. The quantitative estimate of drug-likeness (QED) is 0.877. The SMILES string of the molecule is CCC(C)C1NC(c2cccs2)N(CC(C)N(C)C)C1=O. The first-order chi connectivity index (χ1) is 9.95. The Kier molecular flexibility index (Phi) is 5.41. The average molecular weight is 309 g/mol. The van der Waals surface area contributed by atoms with E-state index < -0.39 is 0 Å². The molecule has 0 saturated carbocycles. The minimum Gasteiger partial charge on any atom is -0.319 e. The Bertz CT molecular complexity index is 460. The number of hydrogen-bond acceptors (Lipinski definition) is 4. The molecule has 1 amide bonds. The Morgan fingerprint density at radius 2 is 2.14 bits per heavy atom. The van der Waals surface area contributed by atoms with Gasteiger partial charge in [-0.1, -0.05) is 26.3 Å². The zero-order valence-corrected chi connectivity index (χ0v) is 14.5. The fourth-order valence-electron chi connectivity index (χ4n) is 2.61. The van der Waals surface area contributed by atoms with Gasteiger partial charge in [-0.05, 0) is 38.4 Å². The maximum Gasteiger partial charge on any atom is 0.241 e. The van der Waals surface area contributed by atoms with E-state index in [1.165, 1.54) is 4.88 Å². The van der Waals surface area contributed by atoms with Crippen molar-refractivity contribution >= 4 is 17.2 Å². The first-order valence-electron chi connectivity index (χ1n) is 7.72. The van der Waals surface area contributed by atoms with Crippen molar-refractivity contribution in [2.75, 3.05) is 20.6 Å². The van der Waals surface area contributed by atoms with Gasteiger partial charge in [-0.2, -0.15) is 0 Å². The molecule has 4 nitrogen and oxygen atoms in total. The first kappa shape index (κ1) is 16.5. The van der Waals surface area contributed by atoms with Crippen molar-refractivity contribution in [1.82, 2.24) is 15.1 Å². The van der Waals surface area contributed by atoms with Crippen molar-refractivity contribution in [2.24, 2.45) is 5.92 Å². The highest BCUT2D eigenvalue weighted by Gasteiger charge is 2.42. The van der Waals surface area contributed by atoms with Crippen molar-refractivity contribution in [3.05, 3.63) is 22.4 Å². The highest BCUT2D eigenvalue weighted by Crippen LogP contribution is 2.31. The van der Waals surface area contributed by atoms with E-state index in [2.05, 4.69) is 62.6 Å². The summed E-state index contributed by atoms with van der Waals surface area (Å²) in [5, 5.41) is 5.63. The highest BCUT2D eigenvalue weighted by molar-refractivity contribution is 7.10. The summed E-state index contributed by atoms with van der Waals surface area (Å²) >= 11 is 1.71. The van der Waals surface area contributed by atoms with Crippen LogP contribution in [-0.4, -0.2) is 48.4 Å². The standard InChI is InChI=1S/C16H27N3OS/c1-6-11(2)14-16(20)19(10-12(3)18(4)5)15(17-14)13-8-7-9-21-13/h7-9,11-12,14-15,17H,6,10H2,1-5H3. The lowest BCUT2D eigenvalue weighted by molar-refractivity contribution is -0.131. The van der Waals surface area contributed by atoms with Gasteiger partial charge in [0, 0.05) is 17.5 Å². The Hall–Kier alpha value is -0.910. The predicted octanol–water partition coefficient (Wildman–Crippen LogP) is 2.54. The van der Waals surface area contributed by atoms with E-state index in [9.17, 15) is 4.79 Å². The van der Waals surface area contributed by atoms with Gasteiger partial charge in [-0.15, -0.1) is 11.3 Å². The van der Waals surface area contributed by atoms with Crippen molar-refractivity contribution in [3.63, 3.8) is 0 Å². The molecule has 2 rings (SSSR count). The third-order valence-electron chi connectivity index (χ3n) is 4.57. The zero-order valence-electron chi connectivity index (χ0n) is 13.7. The van der Waals surface area contributed by atoms with E-state index >= 15 is 0 Å². The van der Waals surface area contributed by atoms with Gasteiger partial charge in [-0.3, -0.25) is 10.1 Å². The maximum atomic E-state index is 12.8. The van der Waals surface area contributed by atoms with Gasteiger partial charge in [0.25, 0.3) is 0 Å². The van der Waals surface area contributed by atoms with E-state index in [1.807, 2.05) is 4.90 Å². The van der Waals surface area contributed by atoms with Crippen molar-refractivity contribution < 1.29 is 4.79 Å². The molecule has 4 unspecified atom stereocenters. The van der Waals surface area contributed by atoms with Crippen LogP contribution >= 0.6 is 11.3 Å². The molecule has 0 radical (unpaired) electrons. The summed E-state index contributed by atoms with van der Waals surface area (Å²) in [7, 11) is 4.12. The summed E-state index contributed by atoms with van der Waals surface area (Å²) < 4.78 is 0. The first-order valence-corrected chi connectivity index (χ1v) is 8.60. The summed E-state index contributed by atoms with van der Waals surface area (Å²) in [6, 6.07) is 4.45. The Labute approximate surface area is 132 Å². The number of hydrogen-bond donors (Lipinski definition) is 1. The molecule has 4 atom stereocenters. The molecule has 1 aliphatic heterocycles. The summed E-state index contributed by atoms with van der Waals surface area (Å²) in [5.74, 6) is 0.607. The number of nitrogens with one attached hydrogen (secondary N) is 1. The second-order valence-corrected chi connectivity index (χ2v) is 7.23. The fraction of sp³-hybridized carbons (Fsp3) is 0.688. The average Bonchev–Trinajstić information content (AvgIpc) is 3.07. The number of thiophene rings is 1. The predicted molar refractivity (Wildman–Crippen MR) is 88.3 cm³/mol. The molecule has 1 fully saturated rings. The topological polar surface area (TPSA) is 35.6 Å². The molecule has 0 aromatic carbocycles. The van der Waals surface area contributed by atoms with Crippen LogP contribution in [0.15, 0.2) is 17.5 Å². The van der Waals surface area contributed by atoms with Crippen LogP contribution in [0.3, 0.4) is 0 Å². The minimum atomic E-state index is -0.0588. The van der Waals surface area contributed by atoms with Gasteiger partial charge in [0.1, 0.15) is 6.17 Å². The van der Waals surface area contributed by atoms with E-state index in [1.54, 1.807) is 11.3 Å². The van der Waals surface area contributed by atoms with Gasteiger partial charge in [0.15, 0.2) is 0 Å². The summed E-state index contributed by atoms with van der Waals surface area (Å²) in [4.78, 5) is 18.2. The normalized spacial score (nSPS) is 25.6. The van der Waals surface area contributed by atoms with Crippen LogP contribution in [0.2, 0.25) is 0 Å². The van der Waals surface area contributed by atoms with Crippen LogP contribution in [0.5, 0.6) is 0 Å². The van der Waals surface area contributed by atoms with Crippen molar-refractivity contribution in [1.29, 1.82) is 0 Å². The highest BCUT2D eigenvalue weighted by atomic mass is 32.1. The molecule has 5 heteroatoms. The lowest BCUT2D eigenvalue weighted by Crippen LogP contribution is -2.42. The number of carbonyl (C=O) groups excluding carboxylic acids is 1. The van der Waals surface area contributed by atoms with Crippen LogP contribution in [-0.2, 0) is 4.79 Å². The summed E-state index contributed by atoms with van der Waals surface area (Å²) in [5.41, 5.74) is 0. The summed E-state index contributed by atoms with van der Waals surface area (Å²) in [6.45, 7) is 7.22. The van der Waals surface area contributed by atoms with E-state index in [0.29, 0.717) is 12.0 Å². The fourth-order valence-corrected chi connectivity index (χ4v) is 3.40. The number of carbonyl (C=O) groups is 1. The zero-order chi connectivity index (χ0) is 15.6. The van der Waals surface area contributed by atoms with Gasteiger partial charge in [0.05, 0.1) is 6.04 Å². The molecule has 1 saturated heterocycles. The Balaban J connectivity index is 2.22. The Morgan fingerprint density at radius 1 is 1.43 bits per heavy atom. The molecule has 2 heterocycles. The molecule has 21 heavy (non-hydrogen) atoms. The molecule has 1 aromatic heterocycles. The monoisotopic (exact) mass is 309 g/mol. The van der Waals surface area contributed by atoms with Crippen LogP contribution in [0.1, 0.15) is 38.2 Å². The lowest BCUT2D eigenvalue weighted by atomic mass is 9.99. The maximum absolute atomic E-state index is 12.8. The van der Waals surface area contributed by atoms with Crippen LogP contribution in [0.25, 0.3) is 0 Å². The van der Waals surface area contributed by atoms with E-state index in [-0.39, 0.29) is 18.1 Å². The molecule has 1 aromatic rings. The lowest BCUT2D eigenvalue weighted by Gasteiger charge is -2.29. The molecule has 1 N–H and O–H groups in total. The van der Waals surface area contributed by atoms with Crippen LogP contribution in [0.4, 0.5) is 0 Å². The molecule has 0 bridgehead atoms. The number of nitrogens with zero attached hydrogens (tertiary/aromatic N) is 2. The minimum absolute atomic E-state index is 0.0268. The third-order valence-corrected chi connectivity index (χ3v) is 5.49. The van der Waals surface area contributed by atoms with Gasteiger partial charge >= 0.3 is 0 Å². The van der Waals surface area contributed by atoms with Crippen molar-refractivity contribution in [3.8, 4) is 0 Å². The molecule has 1 aliphatic rings. The number of amides is 1. The van der Waals surface area contributed by atoms with Crippen LogP contribution in [0, 0.1) is 5.92 Å². The Morgan fingerprint density at radius 3 is 2.67 bits per heavy atom. The number of rotatable bonds is 6. The summed E-state index contributed by atoms with van der Waals surface area (Å²) in [6.07, 6.45) is 1.04. The molecular formula is C16H27N3OS. The molecule has 118 valence electrons. The molecule has 0 spiro atoms. The van der Waals surface area contributed by atoms with E-state index in [0.717, 1.165) is 13.0 Å². The smallest absolute Gasteiger partial charge is 0.241 e. The third kappa shape index (κ3) is 3.47. The van der Waals surface area contributed by atoms with Crippen LogP contribution < -0.4 is 5.32 Å². The number of likely N-dealkylation sites (N-methyl/N-ethyl adjacent to an activating group) is 1. The van der Waals surface area contributed by atoms with Gasteiger partial charge in [-0.25, -0.2) is 0 Å². The van der Waals surface area contributed by atoms with Gasteiger partial charge < -0.3 is 9.80 Å². The molecular weight excluding hydrogens is 282 g/mol. The second-order valence-electron chi connectivity index (χ2n) is 6.25. The van der Waals surface area contributed by atoms with Gasteiger partial charge in [0.2, 0.25) is 5.91 Å². The molecule has 0 aliphatic carbocycles. The van der Waals surface area contributed by atoms with Crippen molar-refractivity contribution in [2.45, 2.75) is 45.4 Å².